The van der Waals surface area contributed by atoms with Crippen LogP contribution in [0.2, 0.25) is 0 Å². The molecule has 0 aromatic rings. The Morgan fingerprint density at radius 2 is 0.556 bits per heavy atom. The zero-order valence-corrected chi connectivity index (χ0v) is 43.0. The van der Waals surface area contributed by atoms with Gasteiger partial charge in [0.1, 0.15) is 13.2 Å². The number of rotatable bonds is 52. The minimum absolute atomic E-state index is 0.0622. The molecule has 0 saturated carbocycles. The van der Waals surface area contributed by atoms with Crippen LogP contribution in [-0.4, -0.2) is 37.2 Å². The highest BCUT2D eigenvalue weighted by molar-refractivity contribution is 5.71. The third-order valence-corrected chi connectivity index (χ3v) is 13.4. The average molecular weight is 892 g/mol. The molecule has 0 aromatic heterocycles. The lowest BCUT2D eigenvalue weighted by atomic mass is 9.99. The molecule has 0 aliphatic carbocycles. The lowest BCUT2D eigenvalue weighted by Gasteiger charge is -2.18. The molecular formula is C57H110O6. The highest BCUT2D eigenvalue weighted by Gasteiger charge is 2.19. The summed E-state index contributed by atoms with van der Waals surface area (Å²) in [6.45, 7) is 9.08. The van der Waals surface area contributed by atoms with Crippen molar-refractivity contribution in [1.82, 2.24) is 0 Å². The molecule has 0 amide bonds. The first kappa shape index (κ1) is 61.4. The van der Waals surface area contributed by atoms with Gasteiger partial charge in [0.2, 0.25) is 0 Å². The van der Waals surface area contributed by atoms with Gasteiger partial charge in [-0.25, -0.2) is 0 Å². The summed E-state index contributed by atoms with van der Waals surface area (Å²) in [4.78, 5) is 38.0. The number of unbranched alkanes of at least 4 members (excludes halogenated alkanes) is 38. The summed E-state index contributed by atoms with van der Waals surface area (Å²) in [5.74, 6) is 0.0685. The summed E-state index contributed by atoms with van der Waals surface area (Å²) >= 11 is 0. The molecular weight excluding hydrogens is 781 g/mol. The molecule has 0 aliphatic rings. The number of carbonyl (C=O) groups is 3. The molecule has 2 atom stereocenters. The second-order valence-electron chi connectivity index (χ2n) is 19.8. The minimum atomic E-state index is -0.760. The Labute approximate surface area is 393 Å². The van der Waals surface area contributed by atoms with E-state index < -0.39 is 6.10 Å². The molecule has 374 valence electrons. The Kier molecular flexibility index (Phi) is 50.1. The fraction of sp³-hybridized carbons (Fsp3) is 0.947. The molecule has 0 rings (SSSR count). The van der Waals surface area contributed by atoms with Crippen LogP contribution in [0.3, 0.4) is 0 Å². The van der Waals surface area contributed by atoms with Crippen LogP contribution in [0.25, 0.3) is 0 Å². The van der Waals surface area contributed by atoms with E-state index in [0.29, 0.717) is 19.3 Å². The number of hydrogen-bond donors (Lipinski definition) is 0. The predicted molar refractivity (Wildman–Crippen MR) is 270 cm³/mol. The summed E-state index contributed by atoms with van der Waals surface area (Å²) < 4.78 is 16.8. The van der Waals surface area contributed by atoms with Gasteiger partial charge in [0.15, 0.2) is 6.10 Å². The Hall–Kier alpha value is -1.59. The molecule has 0 N–H and O–H groups in total. The highest BCUT2D eigenvalue weighted by atomic mass is 16.6. The van der Waals surface area contributed by atoms with Gasteiger partial charge < -0.3 is 14.2 Å². The normalized spacial score (nSPS) is 12.4. The largest absolute Gasteiger partial charge is 0.462 e. The lowest BCUT2D eigenvalue weighted by Crippen LogP contribution is -2.30. The summed E-state index contributed by atoms with van der Waals surface area (Å²) in [5, 5.41) is 0. The van der Waals surface area contributed by atoms with Gasteiger partial charge in [-0.05, 0) is 25.2 Å². The van der Waals surface area contributed by atoms with Crippen molar-refractivity contribution >= 4 is 17.9 Å². The van der Waals surface area contributed by atoms with Crippen molar-refractivity contribution in [1.29, 1.82) is 0 Å². The first-order valence-electron chi connectivity index (χ1n) is 28.4. The number of hydrogen-bond acceptors (Lipinski definition) is 6. The minimum Gasteiger partial charge on any atom is -0.462 e. The molecule has 0 bridgehead atoms. The molecule has 0 saturated heterocycles. The van der Waals surface area contributed by atoms with E-state index in [1.165, 1.54) is 218 Å². The van der Waals surface area contributed by atoms with Crippen LogP contribution in [-0.2, 0) is 28.6 Å². The van der Waals surface area contributed by atoms with E-state index in [1.54, 1.807) is 0 Å². The molecule has 0 heterocycles. The summed E-state index contributed by atoms with van der Waals surface area (Å²) in [7, 11) is 0. The second kappa shape index (κ2) is 51.4. The van der Waals surface area contributed by atoms with Gasteiger partial charge in [0, 0.05) is 19.3 Å². The lowest BCUT2D eigenvalue weighted by molar-refractivity contribution is -0.167. The Bertz CT molecular complexity index is 951. The van der Waals surface area contributed by atoms with E-state index in [2.05, 4.69) is 27.7 Å². The highest BCUT2D eigenvalue weighted by Crippen LogP contribution is 2.18. The Morgan fingerprint density at radius 1 is 0.317 bits per heavy atom. The van der Waals surface area contributed by atoms with E-state index in [1.807, 2.05) is 0 Å². The van der Waals surface area contributed by atoms with E-state index in [-0.39, 0.29) is 31.1 Å². The second-order valence-corrected chi connectivity index (χ2v) is 19.8. The summed E-state index contributed by atoms with van der Waals surface area (Å²) in [6, 6.07) is 0. The molecule has 0 aliphatic heterocycles. The standard InChI is InChI=1S/C57H110O6/c1-5-8-10-12-14-16-17-18-26-29-33-37-41-45-49-56(59)62-52-54(51-61-55(58)48-44-40-36-31-15-13-11-9-6-2)63-57(60)50-46-42-38-34-30-27-24-22-20-19-21-23-25-28-32-35-39-43-47-53(4)7-3/h53-54H,5-52H2,1-4H3/t53?,54-/m1/s1. The third kappa shape index (κ3) is 49.7. The van der Waals surface area contributed by atoms with Crippen LogP contribution in [0.5, 0.6) is 0 Å². The van der Waals surface area contributed by atoms with Crippen molar-refractivity contribution in [2.75, 3.05) is 13.2 Å². The first-order valence-corrected chi connectivity index (χ1v) is 28.4. The number of carbonyl (C=O) groups excluding carboxylic acids is 3. The molecule has 0 radical (unpaired) electrons. The maximum atomic E-state index is 12.8. The van der Waals surface area contributed by atoms with Crippen LogP contribution in [0, 0.1) is 5.92 Å². The van der Waals surface area contributed by atoms with Crippen molar-refractivity contribution in [3.63, 3.8) is 0 Å². The molecule has 0 aromatic carbocycles. The Balaban J connectivity index is 4.18. The molecule has 6 nitrogen and oxygen atoms in total. The predicted octanol–water partition coefficient (Wildman–Crippen LogP) is 18.6. The monoisotopic (exact) mass is 891 g/mol. The first-order chi connectivity index (χ1) is 30.9. The molecule has 63 heavy (non-hydrogen) atoms. The van der Waals surface area contributed by atoms with E-state index in [0.717, 1.165) is 63.7 Å². The van der Waals surface area contributed by atoms with Crippen molar-refractivity contribution < 1.29 is 28.6 Å². The van der Waals surface area contributed by atoms with E-state index >= 15 is 0 Å². The quantitative estimate of drug-likeness (QED) is 0.0344. The Morgan fingerprint density at radius 3 is 0.825 bits per heavy atom. The number of esters is 3. The average Bonchev–Trinajstić information content (AvgIpc) is 3.28. The molecule has 0 fully saturated rings. The number of ether oxygens (including phenoxy) is 3. The van der Waals surface area contributed by atoms with Crippen LogP contribution in [0.1, 0.15) is 323 Å². The topological polar surface area (TPSA) is 78.9 Å². The molecule has 0 spiro atoms. The van der Waals surface area contributed by atoms with Crippen LogP contribution in [0.4, 0.5) is 0 Å². The van der Waals surface area contributed by atoms with Gasteiger partial charge in [-0.1, -0.05) is 285 Å². The smallest absolute Gasteiger partial charge is 0.306 e. The van der Waals surface area contributed by atoms with Gasteiger partial charge in [0.25, 0.3) is 0 Å². The van der Waals surface area contributed by atoms with Gasteiger partial charge in [-0.15, -0.1) is 0 Å². The van der Waals surface area contributed by atoms with Crippen molar-refractivity contribution in [3.8, 4) is 0 Å². The molecule has 6 heteroatoms. The van der Waals surface area contributed by atoms with E-state index in [4.69, 9.17) is 14.2 Å². The van der Waals surface area contributed by atoms with E-state index in [9.17, 15) is 14.4 Å². The van der Waals surface area contributed by atoms with Crippen molar-refractivity contribution in [3.05, 3.63) is 0 Å². The van der Waals surface area contributed by atoms with Gasteiger partial charge in [0.05, 0.1) is 0 Å². The van der Waals surface area contributed by atoms with Gasteiger partial charge in [-0.3, -0.25) is 14.4 Å². The van der Waals surface area contributed by atoms with Crippen molar-refractivity contribution in [2.24, 2.45) is 5.92 Å². The van der Waals surface area contributed by atoms with Gasteiger partial charge >= 0.3 is 17.9 Å². The maximum absolute atomic E-state index is 12.8. The SMILES string of the molecule is CCCCCCCCCCCCCCCCC(=O)OC[C@@H](COC(=O)CCCCCCCCCCC)OC(=O)CCCCCCCCCCCCCCCCCCCCC(C)CC. The fourth-order valence-corrected chi connectivity index (χ4v) is 8.72. The zero-order chi connectivity index (χ0) is 45.9. The summed E-state index contributed by atoms with van der Waals surface area (Å²) in [6.07, 6.45) is 55.2. The fourth-order valence-electron chi connectivity index (χ4n) is 8.72. The molecule has 1 unspecified atom stereocenters. The van der Waals surface area contributed by atoms with Crippen LogP contribution in [0.15, 0.2) is 0 Å². The maximum Gasteiger partial charge on any atom is 0.306 e. The van der Waals surface area contributed by atoms with Crippen molar-refractivity contribution in [2.45, 2.75) is 329 Å². The van der Waals surface area contributed by atoms with Crippen LogP contribution >= 0.6 is 0 Å². The summed E-state index contributed by atoms with van der Waals surface area (Å²) in [5.41, 5.74) is 0. The third-order valence-electron chi connectivity index (χ3n) is 13.4. The zero-order valence-electron chi connectivity index (χ0n) is 43.0. The van der Waals surface area contributed by atoms with Crippen LogP contribution < -0.4 is 0 Å². The van der Waals surface area contributed by atoms with Gasteiger partial charge in [-0.2, -0.15) is 0 Å².